The zero-order chi connectivity index (χ0) is 9.71. The fourth-order valence-corrected chi connectivity index (χ4v) is 1.82. The molecule has 0 fully saturated rings. The van der Waals surface area contributed by atoms with Gasteiger partial charge in [-0.1, -0.05) is 0 Å². The predicted molar refractivity (Wildman–Crippen MR) is 56.1 cm³/mol. The average Bonchev–Trinajstić information content (AvgIpc) is 2.47. The van der Waals surface area contributed by atoms with Crippen molar-refractivity contribution in [2.75, 3.05) is 0 Å². The van der Waals surface area contributed by atoms with Crippen LogP contribution in [-0.4, -0.2) is 17.7 Å². The molecule has 1 aromatic heterocycles. The molecule has 0 aliphatic heterocycles. The molecule has 3 rings (SSSR count). The quantitative estimate of drug-likeness (QED) is 0.471. The van der Waals surface area contributed by atoms with Crippen LogP contribution in [0.4, 0.5) is 0 Å². The first kappa shape index (κ1) is 7.56. The summed E-state index contributed by atoms with van der Waals surface area (Å²) >= 11 is 0. The summed E-state index contributed by atoms with van der Waals surface area (Å²) in [5.41, 5.74) is 0.743. The molecule has 0 spiro atoms. The second-order valence-electron chi connectivity index (χ2n) is 3.27. The monoisotopic (exact) mass is 180 g/mol. The Morgan fingerprint density at radius 2 is 2.07 bits per heavy atom. The Balaban J connectivity index is 2.91. The maximum absolute atomic E-state index is 11.7. The van der Waals surface area contributed by atoms with Crippen LogP contribution in [0.1, 0.15) is 0 Å². The Labute approximate surface area is 79.8 Å². The fraction of sp³-hybridized carbons (Fsp3) is 0. The molecule has 0 amide bonds. The van der Waals surface area contributed by atoms with E-state index in [1.54, 1.807) is 12.3 Å². The summed E-state index contributed by atoms with van der Waals surface area (Å²) in [6.45, 7) is 0. The van der Waals surface area contributed by atoms with Gasteiger partial charge in [-0.3, -0.25) is 0 Å². The third-order valence-corrected chi connectivity index (χ3v) is 2.51. The number of aromatic nitrogens is 2. The summed E-state index contributed by atoms with van der Waals surface area (Å²) in [6, 6.07) is 5.46. The number of benzene rings is 1. The molecule has 0 unspecified atom stereocenters. The zero-order valence-corrected chi connectivity index (χ0v) is 7.32. The van der Waals surface area contributed by atoms with Crippen LogP contribution in [0, 0.1) is 5.11 Å². The van der Waals surface area contributed by atoms with Crippen molar-refractivity contribution in [1.82, 2.24) is 10.2 Å². The normalized spacial score (nSPS) is 11.4. The molecule has 0 bridgehead atoms. The van der Waals surface area contributed by atoms with Crippen LogP contribution >= 0.6 is 0 Å². The van der Waals surface area contributed by atoms with Crippen molar-refractivity contribution in [2.24, 2.45) is 0 Å². The van der Waals surface area contributed by atoms with Gasteiger partial charge >= 0.3 is 79.1 Å². The molecule has 0 aliphatic rings. The van der Waals surface area contributed by atoms with E-state index in [0.717, 1.165) is 16.3 Å². The van der Waals surface area contributed by atoms with E-state index in [-0.39, 0.29) is 5.43 Å². The van der Waals surface area contributed by atoms with Crippen molar-refractivity contribution in [3.8, 4) is 0 Å². The molecule has 64 valence electrons. The standard InChI is InChI=1S/C10H5BN2O/c11-9-6-4-12-13-7-3-1-2-5(8(6)7)10(9)14/h1-4,11H. The van der Waals surface area contributed by atoms with Gasteiger partial charge in [0.1, 0.15) is 0 Å². The molecule has 0 saturated carbocycles. The van der Waals surface area contributed by atoms with Gasteiger partial charge in [0.15, 0.2) is 0 Å². The molecule has 14 heavy (non-hydrogen) atoms. The van der Waals surface area contributed by atoms with Crippen molar-refractivity contribution >= 4 is 29.2 Å². The van der Waals surface area contributed by atoms with Crippen molar-refractivity contribution in [1.29, 1.82) is 0 Å². The Morgan fingerprint density at radius 3 is 2.93 bits per heavy atom. The molecule has 0 N–H and O–H groups in total. The minimum absolute atomic E-state index is 0.0135. The molecular weight excluding hydrogens is 175 g/mol. The SMILES string of the molecule is B=c1c(=O)c2cccc3nncc1c32. The molecule has 2 aromatic carbocycles. The summed E-state index contributed by atoms with van der Waals surface area (Å²) < 4.78 is 0. The van der Waals surface area contributed by atoms with E-state index in [2.05, 4.69) is 17.7 Å². The molecule has 1 heterocycles. The van der Waals surface area contributed by atoms with Gasteiger partial charge in [0, 0.05) is 0 Å². The van der Waals surface area contributed by atoms with Crippen LogP contribution < -0.4 is 5.43 Å². The van der Waals surface area contributed by atoms with Gasteiger partial charge in [-0.25, -0.2) is 0 Å². The zero-order valence-electron chi connectivity index (χ0n) is 7.32. The predicted octanol–water partition coefficient (Wildman–Crippen LogP) is 0.452. The van der Waals surface area contributed by atoms with Gasteiger partial charge in [-0.15, -0.1) is 0 Å². The van der Waals surface area contributed by atoms with E-state index in [0.29, 0.717) is 10.5 Å². The molecule has 3 aromatic rings. The van der Waals surface area contributed by atoms with Crippen molar-refractivity contribution < 1.29 is 0 Å². The van der Waals surface area contributed by atoms with Gasteiger partial charge in [-0.2, -0.15) is 0 Å². The van der Waals surface area contributed by atoms with Crippen LogP contribution in [0.2, 0.25) is 0 Å². The first-order valence-electron chi connectivity index (χ1n) is 4.27. The van der Waals surface area contributed by atoms with Gasteiger partial charge in [0.25, 0.3) is 0 Å². The van der Waals surface area contributed by atoms with Gasteiger partial charge in [0.05, 0.1) is 0 Å². The van der Waals surface area contributed by atoms with Gasteiger partial charge < -0.3 is 0 Å². The van der Waals surface area contributed by atoms with Crippen LogP contribution in [-0.2, 0) is 0 Å². The van der Waals surface area contributed by atoms with E-state index in [4.69, 9.17) is 0 Å². The van der Waals surface area contributed by atoms with Gasteiger partial charge in [0.2, 0.25) is 0 Å². The third-order valence-electron chi connectivity index (χ3n) is 2.51. The van der Waals surface area contributed by atoms with Crippen LogP contribution in [0.15, 0.2) is 29.2 Å². The number of rotatable bonds is 0. The minimum atomic E-state index is -0.0135. The Bertz CT molecular complexity index is 667. The molecule has 4 heteroatoms. The van der Waals surface area contributed by atoms with Crippen LogP contribution in [0.5, 0.6) is 0 Å². The fourth-order valence-electron chi connectivity index (χ4n) is 1.82. The Hall–Kier alpha value is -1.84. The van der Waals surface area contributed by atoms with Gasteiger partial charge in [-0.05, 0) is 0 Å². The van der Waals surface area contributed by atoms with Crippen molar-refractivity contribution in [3.05, 3.63) is 39.7 Å². The first-order chi connectivity index (χ1) is 6.79. The summed E-state index contributed by atoms with van der Waals surface area (Å²) in [6.07, 6.45) is 1.60. The number of hydrogen-bond donors (Lipinski definition) is 0. The molecule has 0 aliphatic carbocycles. The van der Waals surface area contributed by atoms with E-state index >= 15 is 0 Å². The summed E-state index contributed by atoms with van der Waals surface area (Å²) in [7, 11) is 3.76. The molecular formula is C10H5BN2O. The van der Waals surface area contributed by atoms with Crippen molar-refractivity contribution in [2.45, 2.75) is 0 Å². The molecule has 0 radical (unpaired) electrons. The van der Waals surface area contributed by atoms with E-state index in [9.17, 15) is 4.79 Å². The van der Waals surface area contributed by atoms with Crippen LogP contribution in [0.3, 0.4) is 0 Å². The number of hydrogen-bond acceptors (Lipinski definition) is 3. The van der Waals surface area contributed by atoms with Crippen LogP contribution in [0.25, 0.3) is 21.7 Å². The third kappa shape index (κ3) is 0.731. The summed E-state index contributed by atoms with van der Waals surface area (Å²) in [5, 5.41) is 10.7. The maximum atomic E-state index is 11.7. The number of nitrogens with zero attached hydrogens (tertiary/aromatic N) is 2. The van der Waals surface area contributed by atoms with Crippen molar-refractivity contribution in [3.63, 3.8) is 0 Å². The van der Waals surface area contributed by atoms with E-state index in [1.807, 2.05) is 12.1 Å². The first-order valence-corrected chi connectivity index (χ1v) is 4.27. The summed E-state index contributed by atoms with van der Waals surface area (Å²) in [4.78, 5) is 11.7. The summed E-state index contributed by atoms with van der Waals surface area (Å²) in [5.74, 6) is 0. The molecule has 0 saturated heterocycles. The molecule has 3 nitrogen and oxygen atoms in total. The Kier molecular flexibility index (Phi) is 1.27. The van der Waals surface area contributed by atoms with E-state index < -0.39 is 0 Å². The topological polar surface area (TPSA) is 42.9 Å². The molecule has 0 atom stereocenters. The van der Waals surface area contributed by atoms with E-state index in [1.165, 1.54) is 0 Å². The second kappa shape index (κ2) is 2.35. The Morgan fingerprint density at radius 1 is 1.21 bits per heavy atom. The second-order valence-corrected chi connectivity index (χ2v) is 3.27. The average molecular weight is 180 g/mol.